The van der Waals surface area contributed by atoms with E-state index in [4.69, 9.17) is 9.15 Å². The third kappa shape index (κ3) is 2.71. The maximum atomic E-state index is 10.5. The fourth-order valence-electron chi connectivity index (χ4n) is 2.55. The highest BCUT2D eigenvalue weighted by Gasteiger charge is 2.16. The Bertz CT molecular complexity index is 758. The summed E-state index contributed by atoms with van der Waals surface area (Å²) in [5.74, 6) is 0.564. The summed E-state index contributed by atoms with van der Waals surface area (Å²) < 4.78 is 11.0. The van der Waals surface area contributed by atoms with Gasteiger partial charge in [0.1, 0.15) is 17.4 Å². The Morgan fingerprint density at radius 1 is 1.14 bits per heavy atom. The molecule has 3 rings (SSSR count). The van der Waals surface area contributed by atoms with Crippen LogP contribution in [0.2, 0.25) is 0 Å². The van der Waals surface area contributed by atoms with Crippen molar-refractivity contribution in [3.05, 3.63) is 71.0 Å². The highest BCUT2D eigenvalue weighted by molar-refractivity contribution is 5.81. The van der Waals surface area contributed by atoms with Gasteiger partial charge < -0.3 is 14.3 Å². The fraction of sp³-hybridized carbons (Fsp3) is 0.222. The Morgan fingerprint density at radius 2 is 1.95 bits per heavy atom. The summed E-state index contributed by atoms with van der Waals surface area (Å²) in [5.41, 5.74) is 3.74. The highest BCUT2D eigenvalue weighted by Crippen LogP contribution is 2.30. The van der Waals surface area contributed by atoms with E-state index in [0.717, 1.165) is 27.7 Å². The molecular weight excluding hydrogens is 264 g/mol. The number of aliphatic hydroxyl groups is 1. The summed E-state index contributed by atoms with van der Waals surface area (Å²) in [5, 5.41) is 11.6. The van der Waals surface area contributed by atoms with Crippen LogP contribution in [0.4, 0.5) is 0 Å². The number of ether oxygens (including phenoxy) is 1. The second-order valence-corrected chi connectivity index (χ2v) is 5.22. The van der Waals surface area contributed by atoms with Crippen molar-refractivity contribution >= 4 is 11.0 Å². The number of aryl methyl sites for hydroxylation is 1. The lowest BCUT2D eigenvalue weighted by atomic mass is 10.0. The standard InChI is InChI=1S/C18H18O3/c1-12-5-3-8-15-10-16(21-18(12)15)17(19)14-7-4-6-13(9-14)11-20-2/h3-10,17,19H,11H2,1-2H3. The lowest BCUT2D eigenvalue weighted by Gasteiger charge is -2.09. The predicted molar refractivity (Wildman–Crippen MR) is 82.2 cm³/mol. The smallest absolute Gasteiger partial charge is 0.138 e. The van der Waals surface area contributed by atoms with Gasteiger partial charge in [-0.2, -0.15) is 0 Å². The molecule has 3 aromatic rings. The summed E-state index contributed by atoms with van der Waals surface area (Å²) in [6, 6.07) is 15.6. The van der Waals surface area contributed by atoms with Crippen LogP contribution < -0.4 is 0 Å². The van der Waals surface area contributed by atoms with Gasteiger partial charge >= 0.3 is 0 Å². The molecule has 0 bridgehead atoms. The van der Waals surface area contributed by atoms with Crippen molar-refractivity contribution < 1.29 is 14.3 Å². The van der Waals surface area contributed by atoms with Crippen molar-refractivity contribution in [3.8, 4) is 0 Å². The molecule has 0 amide bonds. The number of methoxy groups -OCH3 is 1. The Hall–Kier alpha value is -2.10. The molecule has 1 N–H and O–H groups in total. The van der Waals surface area contributed by atoms with Gasteiger partial charge in [0, 0.05) is 12.5 Å². The van der Waals surface area contributed by atoms with Crippen LogP contribution >= 0.6 is 0 Å². The monoisotopic (exact) mass is 282 g/mol. The maximum Gasteiger partial charge on any atom is 0.138 e. The average Bonchev–Trinajstić information content (AvgIpc) is 2.93. The van der Waals surface area contributed by atoms with Crippen LogP contribution in [0.3, 0.4) is 0 Å². The molecule has 0 aliphatic rings. The van der Waals surface area contributed by atoms with Crippen molar-refractivity contribution in [2.24, 2.45) is 0 Å². The first-order valence-corrected chi connectivity index (χ1v) is 6.94. The lowest BCUT2D eigenvalue weighted by molar-refractivity contribution is 0.182. The van der Waals surface area contributed by atoms with E-state index < -0.39 is 6.10 Å². The predicted octanol–water partition coefficient (Wildman–Crippen LogP) is 3.97. The topological polar surface area (TPSA) is 42.6 Å². The number of benzene rings is 2. The molecule has 0 aliphatic carbocycles. The molecule has 1 atom stereocenters. The van der Waals surface area contributed by atoms with E-state index in [2.05, 4.69) is 0 Å². The van der Waals surface area contributed by atoms with Gasteiger partial charge in [-0.05, 0) is 29.7 Å². The molecule has 0 radical (unpaired) electrons. The molecular formula is C18H18O3. The van der Waals surface area contributed by atoms with E-state index in [0.29, 0.717) is 12.4 Å². The molecule has 1 aromatic heterocycles. The number of furan rings is 1. The zero-order valence-corrected chi connectivity index (χ0v) is 12.2. The van der Waals surface area contributed by atoms with Gasteiger partial charge in [-0.15, -0.1) is 0 Å². The van der Waals surface area contributed by atoms with Crippen LogP contribution in [0.15, 0.2) is 52.9 Å². The lowest BCUT2D eigenvalue weighted by Crippen LogP contribution is -1.99. The summed E-state index contributed by atoms with van der Waals surface area (Å²) in [7, 11) is 1.66. The van der Waals surface area contributed by atoms with Crippen LogP contribution in [-0.2, 0) is 11.3 Å². The van der Waals surface area contributed by atoms with Gasteiger partial charge in [0.15, 0.2) is 0 Å². The normalized spacial score (nSPS) is 12.7. The van der Waals surface area contributed by atoms with E-state index in [-0.39, 0.29) is 0 Å². The first kappa shape index (κ1) is 13.9. The molecule has 21 heavy (non-hydrogen) atoms. The number of para-hydroxylation sites is 1. The summed E-state index contributed by atoms with van der Waals surface area (Å²) in [4.78, 5) is 0. The molecule has 2 aromatic carbocycles. The Balaban J connectivity index is 1.98. The maximum absolute atomic E-state index is 10.5. The zero-order chi connectivity index (χ0) is 14.8. The number of hydrogen-bond acceptors (Lipinski definition) is 3. The molecule has 3 nitrogen and oxygen atoms in total. The quantitative estimate of drug-likeness (QED) is 0.787. The number of hydrogen-bond donors (Lipinski definition) is 1. The Morgan fingerprint density at radius 3 is 2.71 bits per heavy atom. The summed E-state index contributed by atoms with van der Waals surface area (Å²) in [6.45, 7) is 2.53. The second-order valence-electron chi connectivity index (χ2n) is 5.22. The van der Waals surface area contributed by atoms with Crippen LogP contribution in [-0.4, -0.2) is 12.2 Å². The van der Waals surface area contributed by atoms with Crippen LogP contribution in [0.1, 0.15) is 28.6 Å². The molecule has 1 unspecified atom stereocenters. The van der Waals surface area contributed by atoms with Gasteiger partial charge in [0.25, 0.3) is 0 Å². The van der Waals surface area contributed by atoms with Crippen molar-refractivity contribution in [3.63, 3.8) is 0 Å². The van der Waals surface area contributed by atoms with Crippen molar-refractivity contribution in [2.45, 2.75) is 19.6 Å². The minimum atomic E-state index is -0.770. The zero-order valence-electron chi connectivity index (χ0n) is 12.2. The van der Waals surface area contributed by atoms with E-state index in [1.54, 1.807) is 7.11 Å². The SMILES string of the molecule is COCc1cccc(C(O)c2cc3cccc(C)c3o2)c1. The summed E-state index contributed by atoms with van der Waals surface area (Å²) >= 11 is 0. The molecule has 0 spiro atoms. The van der Waals surface area contributed by atoms with E-state index >= 15 is 0 Å². The average molecular weight is 282 g/mol. The molecule has 0 fully saturated rings. The minimum Gasteiger partial charge on any atom is -0.458 e. The third-order valence-electron chi connectivity index (χ3n) is 3.61. The molecule has 0 saturated carbocycles. The highest BCUT2D eigenvalue weighted by atomic mass is 16.5. The molecule has 1 heterocycles. The minimum absolute atomic E-state index is 0.528. The van der Waals surface area contributed by atoms with Crippen LogP contribution in [0.5, 0.6) is 0 Å². The first-order chi connectivity index (χ1) is 10.2. The Labute approximate surface area is 123 Å². The summed E-state index contributed by atoms with van der Waals surface area (Å²) in [6.07, 6.45) is -0.770. The molecule has 0 saturated heterocycles. The third-order valence-corrected chi connectivity index (χ3v) is 3.61. The fourth-order valence-corrected chi connectivity index (χ4v) is 2.55. The van der Waals surface area contributed by atoms with Crippen molar-refractivity contribution in [2.75, 3.05) is 7.11 Å². The van der Waals surface area contributed by atoms with Gasteiger partial charge in [-0.1, -0.05) is 42.5 Å². The number of aliphatic hydroxyl groups excluding tert-OH is 1. The van der Waals surface area contributed by atoms with E-state index in [1.165, 1.54) is 0 Å². The van der Waals surface area contributed by atoms with Gasteiger partial charge in [0.2, 0.25) is 0 Å². The largest absolute Gasteiger partial charge is 0.458 e. The first-order valence-electron chi connectivity index (χ1n) is 6.94. The second kappa shape index (κ2) is 5.72. The van der Waals surface area contributed by atoms with E-state index in [9.17, 15) is 5.11 Å². The number of rotatable bonds is 4. The molecule has 3 heteroatoms. The molecule has 0 aliphatic heterocycles. The van der Waals surface area contributed by atoms with Crippen LogP contribution in [0, 0.1) is 6.92 Å². The van der Waals surface area contributed by atoms with Crippen molar-refractivity contribution in [1.82, 2.24) is 0 Å². The van der Waals surface area contributed by atoms with Gasteiger partial charge in [-0.3, -0.25) is 0 Å². The van der Waals surface area contributed by atoms with Gasteiger partial charge in [-0.25, -0.2) is 0 Å². The Kier molecular flexibility index (Phi) is 3.78. The molecule has 108 valence electrons. The van der Waals surface area contributed by atoms with Crippen LogP contribution in [0.25, 0.3) is 11.0 Å². The van der Waals surface area contributed by atoms with Crippen molar-refractivity contribution in [1.29, 1.82) is 0 Å². The van der Waals surface area contributed by atoms with Gasteiger partial charge in [0.05, 0.1) is 6.61 Å². The number of fused-ring (bicyclic) bond motifs is 1. The van der Waals surface area contributed by atoms with E-state index in [1.807, 2.05) is 55.5 Å².